The minimum atomic E-state index is -0.269. The third-order valence-electron chi connectivity index (χ3n) is 4.14. The first-order valence-electron chi connectivity index (χ1n) is 8.31. The normalized spacial score (nSPS) is 10.4. The number of carbonyl (C=O) groups excluding carboxylic acids is 1. The molecule has 0 unspecified atom stereocenters. The van der Waals surface area contributed by atoms with Crippen LogP contribution in [-0.2, 0) is 11.3 Å². The number of hydrogen-bond acceptors (Lipinski definition) is 4. The highest BCUT2D eigenvalue weighted by molar-refractivity contribution is 7.98. The molecule has 2 heterocycles. The third-order valence-corrected chi connectivity index (χ3v) is 4.98. The van der Waals surface area contributed by atoms with E-state index >= 15 is 0 Å². The van der Waals surface area contributed by atoms with Gasteiger partial charge in [0, 0.05) is 23.4 Å². The second kappa shape index (κ2) is 9.32. The number of esters is 1. The fourth-order valence-corrected chi connectivity index (χ4v) is 3.70. The smallest absolute Gasteiger partial charge is 0.345 e. The highest BCUT2D eigenvalue weighted by Gasteiger charge is 2.23. The van der Waals surface area contributed by atoms with Crippen LogP contribution in [0, 0.1) is 0 Å². The summed E-state index contributed by atoms with van der Waals surface area (Å²) in [4.78, 5) is 17.4. The zero-order valence-corrected chi connectivity index (χ0v) is 18.0. The van der Waals surface area contributed by atoms with Crippen LogP contribution in [-0.4, -0.2) is 23.8 Å². The van der Waals surface area contributed by atoms with Gasteiger partial charge in [0.1, 0.15) is 12.1 Å². The van der Waals surface area contributed by atoms with E-state index in [-0.39, 0.29) is 29.9 Å². The van der Waals surface area contributed by atoms with Gasteiger partial charge in [-0.3, -0.25) is 4.98 Å². The molecule has 0 aliphatic heterocycles. The van der Waals surface area contributed by atoms with Gasteiger partial charge in [0.25, 0.3) is 0 Å². The van der Waals surface area contributed by atoms with Gasteiger partial charge in [-0.25, -0.2) is 4.79 Å². The van der Waals surface area contributed by atoms with Crippen molar-refractivity contribution in [3.8, 4) is 11.1 Å². The molecule has 0 spiro atoms. The SMILES string of the molecule is CCOC(=O)c1c[n+](CC)c2cc(-c3ccncc3)ccc2c1SC.[I-]. The maximum Gasteiger partial charge on any atom is 0.345 e. The number of carbonyl (C=O) groups is 1. The lowest BCUT2D eigenvalue weighted by Crippen LogP contribution is -3.00. The van der Waals surface area contributed by atoms with E-state index in [1.165, 1.54) is 0 Å². The van der Waals surface area contributed by atoms with Gasteiger partial charge in [-0.15, -0.1) is 11.8 Å². The summed E-state index contributed by atoms with van der Waals surface area (Å²) < 4.78 is 7.34. The van der Waals surface area contributed by atoms with Crippen LogP contribution in [0.25, 0.3) is 22.0 Å². The molecule has 0 aliphatic rings. The first-order chi connectivity index (χ1) is 12.2. The molecule has 0 aliphatic carbocycles. The Morgan fingerprint density at radius 1 is 1.15 bits per heavy atom. The van der Waals surface area contributed by atoms with Gasteiger partial charge in [0.05, 0.1) is 12.0 Å². The van der Waals surface area contributed by atoms with Crippen LogP contribution in [0.5, 0.6) is 0 Å². The minimum Gasteiger partial charge on any atom is -1.00 e. The fraction of sp³-hybridized carbons (Fsp3) is 0.250. The van der Waals surface area contributed by atoms with Gasteiger partial charge in [0.15, 0.2) is 6.20 Å². The third kappa shape index (κ3) is 4.01. The van der Waals surface area contributed by atoms with Crippen LogP contribution in [0.4, 0.5) is 0 Å². The van der Waals surface area contributed by atoms with Gasteiger partial charge in [-0.05, 0) is 49.4 Å². The predicted molar refractivity (Wildman–Crippen MR) is 101 cm³/mol. The molecule has 0 saturated carbocycles. The van der Waals surface area contributed by atoms with Gasteiger partial charge in [-0.1, -0.05) is 6.07 Å². The first kappa shape index (κ1) is 20.6. The van der Waals surface area contributed by atoms with Crippen molar-refractivity contribution in [2.45, 2.75) is 25.3 Å². The lowest BCUT2D eigenvalue weighted by atomic mass is 10.0. The van der Waals surface area contributed by atoms with Crippen molar-refractivity contribution in [3.05, 3.63) is 54.5 Å². The summed E-state index contributed by atoms with van der Waals surface area (Å²) in [6, 6.07) is 10.3. The fourth-order valence-electron chi connectivity index (χ4n) is 2.95. The molecule has 6 heteroatoms. The van der Waals surface area contributed by atoms with E-state index in [2.05, 4.69) is 34.7 Å². The van der Waals surface area contributed by atoms with E-state index in [0.717, 1.165) is 33.5 Å². The molecular weight excluding hydrogens is 459 g/mol. The van der Waals surface area contributed by atoms with Crippen LogP contribution in [0.2, 0.25) is 0 Å². The number of pyridine rings is 2. The number of aryl methyl sites for hydroxylation is 1. The van der Waals surface area contributed by atoms with Crippen LogP contribution in [0.15, 0.2) is 53.8 Å². The summed E-state index contributed by atoms with van der Waals surface area (Å²) in [7, 11) is 0. The maximum absolute atomic E-state index is 12.4. The number of nitrogens with zero attached hydrogens (tertiary/aromatic N) is 2. The van der Waals surface area contributed by atoms with Crippen molar-refractivity contribution in [1.82, 2.24) is 4.98 Å². The van der Waals surface area contributed by atoms with Crippen LogP contribution >= 0.6 is 11.8 Å². The molecule has 0 amide bonds. The zero-order chi connectivity index (χ0) is 17.8. The molecule has 4 nitrogen and oxygen atoms in total. The first-order valence-corrected chi connectivity index (χ1v) is 9.53. The van der Waals surface area contributed by atoms with Crippen molar-refractivity contribution >= 4 is 28.6 Å². The van der Waals surface area contributed by atoms with E-state index < -0.39 is 0 Å². The number of hydrogen-bond donors (Lipinski definition) is 0. The predicted octanol–water partition coefficient (Wildman–Crippen LogP) is 1.11. The molecule has 1 aromatic carbocycles. The molecule has 2 aromatic heterocycles. The molecule has 3 aromatic rings. The standard InChI is InChI=1S/C20H21N2O2S.HI/c1-4-22-13-17(20(23)24-5-2)19(25-3)16-7-6-15(12-18(16)22)14-8-10-21-11-9-14;/h6-13H,4-5H2,1-3H3;1H/q+1;/p-1. The topological polar surface area (TPSA) is 43.1 Å². The van der Waals surface area contributed by atoms with Crippen molar-refractivity contribution in [1.29, 1.82) is 0 Å². The number of thioether (sulfide) groups is 1. The minimum absolute atomic E-state index is 0. The van der Waals surface area contributed by atoms with Gasteiger partial charge < -0.3 is 28.7 Å². The molecule has 3 rings (SSSR count). The van der Waals surface area contributed by atoms with Crippen molar-refractivity contribution < 1.29 is 38.1 Å². The molecule has 0 N–H and O–H groups in total. The van der Waals surface area contributed by atoms with Crippen LogP contribution in [0.3, 0.4) is 0 Å². The zero-order valence-electron chi connectivity index (χ0n) is 15.0. The largest absolute Gasteiger partial charge is 1.00 e. The quantitative estimate of drug-likeness (QED) is 0.238. The molecular formula is C20H21IN2O2S. The highest BCUT2D eigenvalue weighted by Crippen LogP contribution is 2.31. The summed E-state index contributed by atoms with van der Waals surface area (Å²) >= 11 is 1.58. The van der Waals surface area contributed by atoms with Crippen molar-refractivity contribution in [3.63, 3.8) is 0 Å². The molecule has 0 atom stereocenters. The molecule has 26 heavy (non-hydrogen) atoms. The van der Waals surface area contributed by atoms with Gasteiger partial charge >= 0.3 is 5.97 Å². The molecule has 0 radical (unpaired) electrons. The van der Waals surface area contributed by atoms with E-state index in [1.807, 2.05) is 31.5 Å². The van der Waals surface area contributed by atoms with Crippen molar-refractivity contribution in [2.24, 2.45) is 0 Å². The average Bonchev–Trinajstić information content (AvgIpc) is 2.67. The second-order valence-electron chi connectivity index (χ2n) is 5.55. The van der Waals surface area contributed by atoms with Crippen LogP contribution in [0.1, 0.15) is 24.2 Å². The summed E-state index contributed by atoms with van der Waals surface area (Å²) in [6.45, 7) is 5.05. The lowest BCUT2D eigenvalue weighted by molar-refractivity contribution is -0.668. The molecule has 136 valence electrons. The van der Waals surface area contributed by atoms with E-state index in [1.54, 1.807) is 24.2 Å². The number of fused-ring (bicyclic) bond motifs is 1. The molecule has 0 saturated heterocycles. The molecule has 0 fully saturated rings. The number of benzene rings is 1. The Morgan fingerprint density at radius 3 is 2.50 bits per heavy atom. The van der Waals surface area contributed by atoms with E-state index in [9.17, 15) is 4.79 Å². The van der Waals surface area contributed by atoms with E-state index in [4.69, 9.17) is 4.74 Å². The summed E-state index contributed by atoms with van der Waals surface area (Å²) in [6.07, 6.45) is 7.49. The number of rotatable bonds is 5. The van der Waals surface area contributed by atoms with Gasteiger partial charge in [0.2, 0.25) is 5.52 Å². The number of ether oxygens (including phenoxy) is 1. The average molecular weight is 480 g/mol. The summed E-state index contributed by atoms with van der Waals surface area (Å²) in [5, 5.41) is 1.07. The Hall–Kier alpha value is -1.67. The number of halogens is 1. The van der Waals surface area contributed by atoms with Gasteiger partial charge in [-0.2, -0.15) is 4.57 Å². The van der Waals surface area contributed by atoms with Crippen molar-refractivity contribution in [2.75, 3.05) is 12.9 Å². The summed E-state index contributed by atoms with van der Waals surface area (Å²) in [5.74, 6) is -0.269. The Balaban J connectivity index is 0.00000243. The van der Waals surface area contributed by atoms with E-state index in [0.29, 0.717) is 12.2 Å². The Labute approximate surface area is 175 Å². The highest BCUT2D eigenvalue weighted by atomic mass is 127. The van der Waals surface area contributed by atoms with Crippen LogP contribution < -0.4 is 28.5 Å². The summed E-state index contributed by atoms with van der Waals surface area (Å²) in [5.41, 5.74) is 3.99. The number of aromatic nitrogens is 2. The second-order valence-corrected chi connectivity index (χ2v) is 6.37. The molecule has 0 bridgehead atoms. The Bertz CT molecular complexity index is 917. The Morgan fingerprint density at radius 2 is 1.88 bits per heavy atom. The lowest BCUT2D eigenvalue weighted by Gasteiger charge is -2.11. The Kier molecular flexibility index (Phi) is 7.40. The maximum atomic E-state index is 12.4. The monoisotopic (exact) mass is 480 g/mol.